The van der Waals surface area contributed by atoms with Crippen LogP contribution in [-0.2, 0) is 9.53 Å². The zero-order valence-electron chi connectivity index (χ0n) is 13.2. The number of carbonyl (C=O) groups is 1. The second kappa shape index (κ2) is 7.25. The predicted octanol–water partition coefficient (Wildman–Crippen LogP) is 2.52. The van der Waals surface area contributed by atoms with Crippen LogP contribution in [0.5, 0.6) is 5.75 Å². The van der Waals surface area contributed by atoms with Gasteiger partial charge in [0.1, 0.15) is 11.5 Å². The molecule has 1 aromatic carbocycles. The molecule has 0 aromatic heterocycles. The smallest absolute Gasteiger partial charge is 0.136 e. The van der Waals surface area contributed by atoms with Gasteiger partial charge in [-0.05, 0) is 38.4 Å². The Morgan fingerprint density at radius 3 is 2.59 bits per heavy atom. The van der Waals surface area contributed by atoms with E-state index in [9.17, 15) is 4.79 Å². The first-order valence-corrected chi connectivity index (χ1v) is 8.24. The zero-order valence-corrected chi connectivity index (χ0v) is 13.2. The topological polar surface area (TPSA) is 38.8 Å². The second-order valence-corrected chi connectivity index (χ2v) is 6.41. The number of nitrogens with zero attached hydrogens (tertiary/aromatic N) is 1. The molecule has 4 heteroatoms. The third-order valence-electron chi connectivity index (χ3n) is 4.92. The molecule has 2 heterocycles. The van der Waals surface area contributed by atoms with E-state index in [4.69, 9.17) is 9.47 Å². The number of carbonyl (C=O) groups excluding carboxylic acids is 1. The van der Waals surface area contributed by atoms with Gasteiger partial charge in [-0.2, -0.15) is 0 Å². The molecule has 2 aliphatic heterocycles. The van der Waals surface area contributed by atoms with E-state index in [0.29, 0.717) is 30.9 Å². The normalized spacial score (nSPS) is 28.3. The molecule has 2 saturated heterocycles. The molecule has 2 unspecified atom stereocenters. The Balaban J connectivity index is 1.41. The Morgan fingerprint density at radius 2 is 1.91 bits per heavy atom. The van der Waals surface area contributed by atoms with E-state index in [1.807, 2.05) is 30.3 Å². The summed E-state index contributed by atoms with van der Waals surface area (Å²) in [6.45, 7) is 2.15. The number of ether oxygens (including phenoxy) is 2. The first-order valence-electron chi connectivity index (χ1n) is 8.24. The highest BCUT2D eigenvalue weighted by Crippen LogP contribution is 2.31. The van der Waals surface area contributed by atoms with Crippen LogP contribution in [0, 0.1) is 5.92 Å². The lowest BCUT2D eigenvalue weighted by Gasteiger charge is -2.46. The molecular weight excluding hydrogens is 278 g/mol. The fourth-order valence-electron chi connectivity index (χ4n) is 3.52. The van der Waals surface area contributed by atoms with Crippen molar-refractivity contribution in [1.29, 1.82) is 0 Å². The van der Waals surface area contributed by atoms with Crippen LogP contribution >= 0.6 is 0 Å². The van der Waals surface area contributed by atoms with Gasteiger partial charge in [-0.25, -0.2) is 0 Å². The lowest BCUT2D eigenvalue weighted by molar-refractivity contribution is -0.131. The van der Waals surface area contributed by atoms with Gasteiger partial charge in [0, 0.05) is 24.4 Å². The van der Waals surface area contributed by atoms with E-state index in [-0.39, 0.29) is 5.92 Å². The monoisotopic (exact) mass is 303 g/mol. The molecule has 2 aliphatic rings. The van der Waals surface area contributed by atoms with Crippen LogP contribution in [0.1, 0.15) is 25.7 Å². The Labute approximate surface area is 132 Å². The van der Waals surface area contributed by atoms with Gasteiger partial charge in [-0.1, -0.05) is 18.2 Å². The third kappa shape index (κ3) is 3.68. The van der Waals surface area contributed by atoms with Crippen LogP contribution < -0.4 is 4.74 Å². The van der Waals surface area contributed by atoms with Gasteiger partial charge >= 0.3 is 0 Å². The summed E-state index contributed by atoms with van der Waals surface area (Å²) >= 11 is 0. The maximum Gasteiger partial charge on any atom is 0.136 e. The summed E-state index contributed by atoms with van der Waals surface area (Å²) < 4.78 is 11.3. The highest BCUT2D eigenvalue weighted by Gasteiger charge is 2.38. The number of para-hydroxylation sites is 1. The standard InChI is InChI=1S/C18H25NO3/c1-19-15-10-14(11-16(19)13-21-12-15)18(20)8-5-9-22-17-6-3-2-4-7-17/h2-4,6-7,14-16H,5,8-13H2,1H3. The molecule has 0 spiro atoms. The van der Waals surface area contributed by atoms with Gasteiger partial charge in [0.05, 0.1) is 19.8 Å². The zero-order chi connectivity index (χ0) is 15.4. The van der Waals surface area contributed by atoms with Crippen molar-refractivity contribution in [3.05, 3.63) is 30.3 Å². The number of fused-ring (bicyclic) bond motifs is 2. The molecule has 0 amide bonds. The van der Waals surface area contributed by atoms with Crippen molar-refractivity contribution in [1.82, 2.24) is 4.90 Å². The number of morpholine rings is 1. The first-order chi connectivity index (χ1) is 10.7. The summed E-state index contributed by atoms with van der Waals surface area (Å²) in [7, 11) is 2.16. The van der Waals surface area contributed by atoms with Gasteiger partial charge in [-0.15, -0.1) is 0 Å². The van der Waals surface area contributed by atoms with Crippen LogP contribution in [0.3, 0.4) is 0 Å². The number of ketones is 1. The number of rotatable bonds is 6. The van der Waals surface area contributed by atoms with Crippen LogP contribution in [0.2, 0.25) is 0 Å². The Bertz CT molecular complexity index is 476. The van der Waals surface area contributed by atoms with Crippen molar-refractivity contribution in [2.75, 3.05) is 26.9 Å². The molecule has 120 valence electrons. The minimum atomic E-state index is 0.215. The molecule has 2 atom stereocenters. The average molecular weight is 303 g/mol. The molecule has 0 saturated carbocycles. The van der Waals surface area contributed by atoms with E-state index < -0.39 is 0 Å². The minimum absolute atomic E-state index is 0.215. The van der Waals surface area contributed by atoms with Gasteiger partial charge < -0.3 is 9.47 Å². The SMILES string of the molecule is CN1C2COCC1CC(C(=O)CCCOc1ccccc1)C2. The van der Waals surface area contributed by atoms with Crippen molar-refractivity contribution in [3.8, 4) is 5.75 Å². The predicted molar refractivity (Wildman–Crippen MR) is 85.1 cm³/mol. The quantitative estimate of drug-likeness (QED) is 0.757. The first kappa shape index (κ1) is 15.5. The van der Waals surface area contributed by atoms with Gasteiger partial charge in [0.25, 0.3) is 0 Å². The van der Waals surface area contributed by atoms with Gasteiger partial charge in [0.15, 0.2) is 0 Å². The molecule has 0 aliphatic carbocycles. The molecule has 0 radical (unpaired) electrons. The van der Waals surface area contributed by atoms with E-state index >= 15 is 0 Å². The molecule has 0 N–H and O–H groups in total. The average Bonchev–Trinajstić information content (AvgIpc) is 2.52. The fraction of sp³-hybridized carbons (Fsp3) is 0.611. The Morgan fingerprint density at radius 1 is 1.23 bits per heavy atom. The summed E-state index contributed by atoms with van der Waals surface area (Å²) in [5, 5.41) is 0. The van der Waals surface area contributed by atoms with E-state index in [2.05, 4.69) is 11.9 Å². The molecule has 2 bridgehead atoms. The van der Waals surface area contributed by atoms with Crippen molar-refractivity contribution >= 4 is 5.78 Å². The highest BCUT2D eigenvalue weighted by atomic mass is 16.5. The van der Waals surface area contributed by atoms with Crippen LogP contribution in [0.25, 0.3) is 0 Å². The molecule has 1 aromatic rings. The lowest BCUT2D eigenvalue weighted by Crippen LogP contribution is -2.55. The number of piperidine rings is 1. The number of hydrogen-bond acceptors (Lipinski definition) is 4. The van der Waals surface area contributed by atoms with Crippen LogP contribution in [0.15, 0.2) is 30.3 Å². The summed E-state index contributed by atoms with van der Waals surface area (Å²) in [6, 6.07) is 10.6. The van der Waals surface area contributed by atoms with Crippen LogP contribution in [0.4, 0.5) is 0 Å². The molecule has 3 rings (SSSR count). The highest BCUT2D eigenvalue weighted by molar-refractivity contribution is 5.81. The van der Waals surface area contributed by atoms with Crippen molar-refractivity contribution in [2.24, 2.45) is 5.92 Å². The van der Waals surface area contributed by atoms with Gasteiger partial charge in [0.2, 0.25) is 0 Å². The number of hydrogen-bond donors (Lipinski definition) is 0. The summed E-state index contributed by atoms with van der Waals surface area (Å²) in [6.07, 6.45) is 3.32. The second-order valence-electron chi connectivity index (χ2n) is 6.41. The van der Waals surface area contributed by atoms with Crippen molar-refractivity contribution in [2.45, 2.75) is 37.8 Å². The summed E-state index contributed by atoms with van der Waals surface area (Å²) in [4.78, 5) is 14.8. The number of likely N-dealkylation sites (N-methyl/N-ethyl adjacent to an activating group) is 1. The third-order valence-corrected chi connectivity index (χ3v) is 4.92. The maximum atomic E-state index is 12.4. The largest absolute Gasteiger partial charge is 0.494 e. The fourth-order valence-corrected chi connectivity index (χ4v) is 3.52. The maximum absolute atomic E-state index is 12.4. The molecule has 22 heavy (non-hydrogen) atoms. The van der Waals surface area contributed by atoms with Crippen molar-refractivity contribution in [3.63, 3.8) is 0 Å². The Hall–Kier alpha value is -1.39. The number of benzene rings is 1. The van der Waals surface area contributed by atoms with E-state index in [1.165, 1.54) is 0 Å². The van der Waals surface area contributed by atoms with Crippen LogP contribution in [-0.4, -0.2) is 49.6 Å². The molecule has 4 nitrogen and oxygen atoms in total. The van der Waals surface area contributed by atoms with Crippen molar-refractivity contribution < 1.29 is 14.3 Å². The lowest BCUT2D eigenvalue weighted by atomic mass is 9.82. The molecule has 2 fully saturated rings. The summed E-state index contributed by atoms with van der Waals surface area (Å²) in [5.74, 6) is 1.49. The van der Waals surface area contributed by atoms with E-state index in [1.54, 1.807) is 0 Å². The van der Waals surface area contributed by atoms with E-state index in [0.717, 1.165) is 38.2 Å². The number of Topliss-reactive ketones (excluding diaryl/α,β-unsaturated/α-hetero) is 1. The minimum Gasteiger partial charge on any atom is -0.494 e. The van der Waals surface area contributed by atoms with Gasteiger partial charge in [-0.3, -0.25) is 9.69 Å². The summed E-state index contributed by atoms with van der Waals surface area (Å²) in [5.41, 5.74) is 0. The Kier molecular flexibility index (Phi) is 5.11. The molecular formula is C18H25NO3.